The molecule has 0 radical (unpaired) electrons. The SMILES string of the molecule is CCC(CC)CN(CC)c1ccnc(CO)c1. The van der Waals surface area contributed by atoms with Crippen LogP contribution in [0.2, 0.25) is 0 Å². The maximum atomic E-state index is 9.11. The van der Waals surface area contributed by atoms with Gasteiger partial charge in [0.05, 0.1) is 12.3 Å². The second kappa shape index (κ2) is 7.28. The number of aliphatic hydroxyl groups excluding tert-OH is 1. The van der Waals surface area contributed by atoms with E-state index in [1.807, 2.05) is 12.1 Å². The second-order valence-electron chi connectivity index (χ2n) is 4.38. The number of aliphatic hydroxyl groups is 1. The Hall–Kier alpha value is -1.09. The molecule has 1 N–H and O–H groups in total. The van der Waals surface area contributed by atoms with Crippen LogP contribution in [0.3, 0.4) is 0 Å². The molecule has 1 aromatic rings. The Balaban J connectivity index is 2.77. The summed E-state index contributed by atoms with van der Waals surface area (Å²) in [6.07, 6.45) is 4.20. The first-order valence-corrected chi connectivity index (χ1v) is 6.55. The van der Waals surface area contributed by atoms with Gasteiger partial charge in [0.1, 0.15) is 0 Å². The topological polar surface area (TPSA) is 36.4 Å². The molecule has 0 spiro atoms. The Labute approximate surface area is 104 Å². The van der Waals surface area contributed by atoms with Crippen molar-refractivity contribution in [2.75, 3.05) is 18.0 Å². The molecule has 1 aromatic heterocycles. The zero-order valence-electron chi connectivity index (χ0n) is 11.2. The molecule has 0 amide bonds. The quantitative estimate of drug-likeness (QED) is 0.791. The highest BCUT2D eigenvalue weighted by Crippen LogP contribution is 2.18. The molecule has 3 heteroatoms. The maximum absolute atomic E-state index is 9.11. The Morgan fingerprint density at radius 1 is 1.29 bits per heavy atom. The summed E-state index contributed by atoms with van der Waals surface area (Å²) < 4.78 is 0. The summed E-state index contributed by atoms with van der Waals surface area (Å²) >= 11 is 0. The minimum absolute atomic E-state index is 0.0103. The zero-order chi connectivity index (χ0) is 12.7. The fourth-order valence-electron chi connectivity index (χ4n) is 2.02. The summed E-state index contributed by atoms with van der Waals surface area (Å²) in [4.78, 5) is 6.48. The fraction of sp³-hybridized carbons (Fsp3) is 0.643. The van der Waals surface area contributed by atoms with Crippen LogP contribution >= 0.6 is 0 Å². The van der Waals surface area contributed by atoms with Gasteiger partial charge in [-0.25, -0.2) is 0 Å². The molecule has 96 valence electrons. The summed E-state index contributed by atoms with van der Waals surface area (Å²) in [5.74, 6) is 0.737. The van der Waals surface area contributed by atoms with Gasteiger partial charge in [-0.15, -0.1) is 0 Å². The van der Waals surface area contributed by atoms with Crippen molar-refractivity contribution >= 4 is 5.69 Å². The number of rotatable bonds is 7. The lowest BCUT2D eigenvalue weighted by atomic mass is 10.0. The van der Waals surface area contributed by atoms with Gasteiger partial charge in [0.2, 0.25) is 0 Å². The van der Waals surface area contributed by atoms with E-state index in [9.17, 15) is 0 Å². The molecule has 0 atom stereocenters. The van der Waals surface area contributed by atoms with E-state index in [4.69, 9.17) is 5.11 Å². The van der Waals surface area contributed by atoms with Gasteiger partial charge >= 0.3 is 0 Å². The van der Waals surface area contributed by atoms with Gasteiger partial charge in [0.15, 0.2) is 0 Å². The second-order valence-corrected chi connectivity index (χ2v) is 4.38. The van der Waals surface area contributed by atoms with Crippen molar-refractivity contribution < 1.29 is 5.11 Å². The van der Waals surface area contributed by atoms with E-state index >= 15 is 0 Å². The number of anilines is 1. The molecule has 0 aliphatic rings. The maximum Gasteiger partial charge on any atom is 0.0853 e. The lowest BCUT2D eigenvalue weighted by Crippen LogP contribution is -2.29. The standard InChI is InChI=1S/C14H24N2O/c1-4-12(5-2)10-16(6-3)14-7-8-15-13(9-14)11-17/h7-9,12,17H,4-6,10-11H2,1-3H3. The minimum Gasteiger partial charge on any atom is -0.390 e. The van der Waals surface area contributed by atoms with Crippen LogP contribution in [0.5, 0.6) is 0 Å². The molecule has 17 heavy (non-hydrogen) atoms. The summed E-state index contributed by atoms with van der Waals surface area (Å²) in [7, 11) is 0. The highest BCUT2D eigenvalue weighted by atomic mass is 16.3. The molecule has 0 saturated heterocycles. The smallest absolute Gasteiger partial charge is 0.0853 e. The average Bonchev–Trinajstić information content (AvgIpc) is 2.40. The van der Waals surface area contributed by atoms with Crippen molar-refractivity contribution in [2.24, 2.45) is 5.92 Å². The van der Waals surface area contributed by atoms with Gasteiger partial charge in [-0.05, 0) is 25.0 Å². The van der Waals surface area contributed by atoms with Crippen molar-refractivity contribution in [3.8, 4) is 0 Å². The normalized spacial score (nSPS) is 10.9. The van der Waals surface area contributed by atoms with E-state index in [0.29, 0.717) is 0 Å². The van der Waals surface area contributed by atoms with E-state index in [1.54, 1.807) is 6.20 Å². The Kier molecular flexibility index (Phi) is 5.98. The van der Waals surface area contributed by atoms with Crippen LogP contribution in [0.4, 0.5) is 5.69 Å². The lowest BCUT2D eigenvalue weighted by molar-refractivity contribution is 0.277. The van der Waals surface area contributed by atoms with Crippen molar-refractivity contribution in [3.63, 3.8) is 0 Å². The van der Waals surface area contributed by atoms with Crippen molar-refractivity contribution in [1.29, 1.82) is 0 Å². The lowest BCUT2D eigenvalue weighted by Gasteiger charge is -2.27. The summed E-state index contributed by atoms with van der Waals surface area (Å²) in [6.45, 7) is 8.74. The van der Waals surface area contributed by atoms with Crippen molar-refractivity contribution in [2.45, 2.75) is 40.2 Å². The zero-order valence-corrected chi connectivity index (χ0v) is 11.2. The molecule has 0 aromatic carbocycles. The predicted molar refractivity (Wildman–Crippen MR) is 72.1 cm³/mol. The van der Waals surface area contributed by atoms with Gasteiger partial charge in [-0.3, -0.25) is 4.98 Å². The molecule has 1 rings (SSSR count). The largest absolute Gasteiger partial charge is 0.390 e. The highest BCUT2D eigenvalue weighted by molar-refractivity contribution is 5.46. The van der Waals surface area contributed by atoms with Crippen LogP contribution < -0.4 is 4.90 Å². The number of nitrogens with zero attached hydrogens (tertiary/aromatic N) is 2. The molecule has 0 saturated carbocycles. The van der Waals surface area contributed by atoms with E-state index in [1.165, 1.54) is 18.5 Å². The third-order valence-electron chi connectivity index (χ3n) is 3.34. The molecule has 0 aliphatic carbocycles. The molecule has 3 nitrogen and oxygen atoms in total. The van der Waals surface area contributed by atoms with Crippen LogP contribution in [0, 0.1) is 5.92 Å². The Morgan fingerprint density at radius 2 is 2.00 bits per heavy atom. The van der Waals surface area contributed by atoms with Crippen LogP contribution in [0.15, 0.2) is 18.3 Å². The first-order valence-electron chi connectivity index (χ1n) is 6.55. The third kappa shape index (κ3) is 4.00. The molecule has 0 bridgehead atoms. The monoisotopic (exact) mass is 236 g/mol. The Morgan fingerprint density at radius 3 is 2.53 bits per heavy atom. The summed E-state index contributed by atoms with van der Waals surface area (Å²) in [5.41, 5.74) is 1.91. The number of aromatic nitrogens is 1. The molecular weight excluding hydrogens is 212 g/mol. The van der Waals surface area contributed by atoms with Gasteiger partial charge in [-0.2, -0.15) is 0 Å². The molecule has 0 aliphatic heterocycles. The molecular formula is C14H24N2O. The summed E-state index contributed by atoms with van der Waals surface area (Å²) in [6, 6.07) is 4.00. The van der Waals surface area contributed by atoms with Crippen molar-refractivity contribution in [3.05, 3.63) is 24.0 Å². The van der Waals surface area contributed by atoms with E-state index in [0.717, 1.165) is 24.7 Å². The summed E-state index contributed by atoms with van der Waals surface area (Å²) in [5, 5.41) is 9.11. The van der Waals surface area contributed by atoms with Gasteiger partial charge in [-0.1, -0.05) is 26.7 Å². The highest BCUT2D eigenvalue weighted by Gasteiger charge is 2.11. The average molecular weight is 236 g/mol. The van der Waals surface area contributed by atoms with Crippen molar-refractivity contribution in [1.82, 2.24) is 4.98 Å². The first-order chi connectivity index (χ1) is 8.24. The van der Waals surface area contributed by atoms with E-state index in [2.05, 4.69) is 30.7 Å². The third-order valence-corrected chi connectivity index (χ3v) is 3.34. The van der Waals surface area contributed by atoms with Crippen LogP contribution in [0.1, 0.15) is 39.3 Å². The van der Waals surface area contributed by atoms with Crippen LogP contribution in [-0.4, -0.2) is 23.2 Å². The first kappa shape index (κ1) is 14.0. The van der Waals surface area contributed by atoms with E-state index in [-0.39, 0.29) is 6.61 Å². The van der Waals surface area contributed by atoms with E-state index < -0.39 is 0 Å². The fourth-order valence-corrected chi connectivity index (χ4v) is 2.02. The van der Waals surface area contributed by atoms with Gasteiger partial charge < -0.3 is 10.0 Å². The van der Waals surface area contributed by atoms with Gasteiger partial charge in [0.25, 0.3) is 0 Å². The number of hydrogen-bond acceptors (Lipinski definition) is 3. The molecule has 0 unspecified atom stereocenters. The number of hydrogen-bond donors (Lipinski definition) is 1. The molecule has 0 fully saturated rings. The Bertz CT molecular complexity index is 324. The predicted octanol–water partition coefficient (Wildman–Crippen LogP) is 2.84. The van der Waals surface area contributed by atoms with Crippen LogP contribution in [-0.2, 0) is 6.61 Å². The van der Waals surface area contributed by atoms with Gasteiger partial charge in [0, 0.05) is 25.0 Å². The number of pyridine rings is 1. The van der Waals surface area contributed by atoms with Crippen LogP contribution in [0.25, 0.3) is 0 Å². The molecule has 1 heterocycles. The minimum atomic E-state index is 0.0103.